The molecule has 25 heavy (non-hydrogen) atoms. The number of benzene rings is 1. The molecule has 1 aromatic carbocycles. The van der Waals surface area contributed by atoms with Crippen molar-refractivity contribution in [2.24, 2.45) is 0 Å². The number of likely N-dealkylation sites (tertiary alicyclic amines) is 1. The second-order valence-corrected chi connectivity index (χ2v) is 6.60. The Hall–Kier alpha value is -2.18. The van der Waals surface area contributed by atoms with Crippen LogP contribution in [0.3, 0.4) is 0 Å². The molecular weight excluding hydrogens is 318 g/mol. The molecule has 6 heteroatoms. The number of anilines is 1. The van der Waals surface area contributed by atoms with E-state index >= 15 is 0 Å². The number of amides is 1. The molecule has 1 saturated heterocycles. The molecule has 6 nitrogen and oxygen atoms in total. The summed E-state index contributed by atoms with van der Waals surface area (Å²) in [6.45, 7) is 1.06. The van der Waals surface area contributed by atoms with Crippen molar-refractivity contribution in [3.05, 3.63) is 36.0 Å². The van der Waals surface area contributed by atoms with E-state index in [4.69, 9.17) is 9.47 Å². The highest BCUT2D eigenvalue weighted by Crippen LogP contribution is 2.28. The second-order valence-electron chi connectivity index (χ2n) is 6.60. The number of hydrogen-bond acceptors (Lipinski definition) is 5. The molecule has 1 aliphatic heterocycles. The molecule has 0 saturated carbocycles. The smallest absolute Gasteiger partial charge is 0.272 e. The average Bonchev–Trinajstić information content (AvgIpc) is 3.03. The summed E-state index contributed by atoms with van der Waals surface area (Å²) >= 11 is 0. The van der Waals surface area contributed by atoms with Gasteiger partial charge in [0.05, 0.1) is 24.3 Å². The normalized spacial score (nSPS) is 20.2. The Kier molecular flexibility index (Phi) is 5.20. The van der Waals surface area contributed by atoms with E-state index in [0.29, 0.717) is 18.8 Å². The number of nitrogens with zero attached hydrogens (tertiary/aromatic N) is 3. The zero-order valence-electron chi connectivity index (χ0n) is 15.2. The van der Waals surface area contributed by atoms with E-state index in [0.717, 1.165) is 23.0 Å². The summed E-state index contributed by atoms with van der Waals surface area (Å²) in [7, 11) is 7.28. The Morgan fingerprint density at radius 1 is 1.32 bits per heavy atom. The number of pyridine rings is 1. The summed E-state index contributed by atoms with van der Waals surface area (Å²) in [6, 6.07) is 9.77. The largest absolute Gasteiger partial charge is 0.383 e. The fraction of sp³-hybridized carbons (Fsp3) is 0.474. The fourth-order valence-electron chi connectivity index (χ4n) is 3.43. The van der Waals surface area contributed by atoms with E-state index in [-0.39, 0.29) is 18.1 Å². The van der Waals surface area contributed by atoms with Gasteiger partial charge in [0, 0.05) is 45.9 Å². The van der Waals surface area contributed by atoms with Crippen LogP contribution in [0.4, 0.5) is 5.69 Å². The van der Waals surface area contributed by atoms with Crippen molar-refractivity contribution in [2.45, 2.75) is 18.6 Å². The lowest BCUT2D eigenvalue weighted by molar-refractivity contribution is 0.0607. The number of carbonyl (C=O) groups excluding carboxylic acids is 1. The zero-order valence-corrected chi connectivity index (χ0v) is 15.2. The van der Waals surface area contributed by atoms with Crippen molar-refractivity contribution >= 4 is 22.5 Å². The summed E-state index contributed by atoms with van der Waals surface area (Å²) in [5.74, 6) is -0.0737. The summed E-state index contributed by atoms with van der Waals surface area (Å²) in [6.07, 6.45) is 0.822. The maximum atomic E-state index is 13.1. The van der Waals surface area contributed by atoms with Gasteiger partial charge in [0.15, 0.2) is 0 Å². The van der Waals surface area contributed by atoms with Crippen LogP contribution in [-0.2, 0) is 9.47 Å². The molecule has 2 aromatic rings. The Morgan fingerprint density at radius 2 is 2.08 bits per heavy atom. The van der Waals surface area contributed by atoms with E-state index in [1.165, 1.54) is 0 Å². The summed E-state index contributed by atoms with van der Waals surface area (Å²) in [5.41, 5.74) is 2.27. The minimum Gasteiger partial charge on any atom is -0.383 e. The van der Waals surface area contributed by atoms with Gasteiger partial charge in [0.2, 0.25) is 0 Å². The number of para-hydroxylation sites is 1. The number of carbonyl (C=O) groups is 1. The van der Waals surface area contributed by atoms with Crippen LogP contribution in [-0.4, -0.2) is 69.4 Å². The summed E-state index contributed by atoms with van der Waals surface area (Å²) < 4.78 is 10.7. The molecule has 1 aromatic heterocycles. The third-order valence-corrected chi connectivity index (χ3v) is 4.72. The lowest BCUT2D eigenvalue weighted by Gasteiger charge is -2.24. The quantitative estimate of drug-likeness (QED) is 0.833. The van der Waals surface area contributed by atoms with E-state index < -0.39 is 0 Å². The van der Waals surface area contributed by atoms with Crippen LogP contribution in [0.5, 0.6) is 0 Å². The molecule has 3 rings (SSSR count). The Bertz CT molecular complexity index is 763. The van der Waals surface area contributed by atoms with Crippen molar-refractivity contribution in [1.29, 1.82) is 0 Å². The lowest BCUT2D eigenvalue weighted by atomic mass is 10.1. The first-order chi connectivity index (χ1) is 12.0. The van der Waals surface area contributed by atoms with Gasteiger partial charge in [-0.3, -0.25) is 4.79 Å². The van der Waals surface area contributed by atoms with E-state index in [2.05, 4.69) is 4.98 Å². The Balaban J connectivity index is 1.99. The van der Waals surface area contributed by atoms with Gasteiger partial charge in [-0.2, -0.15) is 0 Å². The standard InChI is InChI=1S/C19H25N3O3/c1-21(2)18-10-17(20-16-8-6-5-7-15(16)18)19(23)22-11-14(25-4)9-13(22)12-24-3/h5-8,10,13-14H,9,11-12H2,1-4H3/t13-,14-/m0/s1. The van der Waals surface area contributed by atoms with Crippen molar-refractivity contribution in [3.63, 3.8) is 0 Å². The van der Waals surface area contributed by atoms with Gasteiger partial charge in [0.1, 0.15) is 5.69 Å². The SMILES string of the molecule is COC[C@@H]1C[C@H](OC)CN1C(=O)c1cc(N(C)C)c2ccccc2n1. The third kappa shape index (κ3) is 3.45. The summed E-state index contributed by atoms with van der Waals surface area (Å²) in [5, 5.41) is 1.04. The molecule has 0 N–H and O–H groups in total. The minimum atomic E-state index is -0.0737. The van der Waals surface area contributed by atoms with Crippen LogP contribution >= 0.6 is 0 Å². The number of ether oxygens (including phenoxy) is 2. The zero-order chi connectivity index (χ0) is 18.0. The first kappa shape index (κ1) is 17.6. The first-order valence-corrected chi connectivity index (χ1v) is 8.45. The molecule has 1 aliphatic rings. The number of aromatic nitrogens is 1. The topological polar surface area (TPSA) is 54.9 Å². The molecule has 0 unspecified atom stereocenters. The highest BCUT2D eigenvalue weighted by Gasteiger charge is 2.36. The molecule has 0 aliphatic carbocycles. The van der Waals surface area contributed by atoms with Crippen LogP contribution in [0, 0.1) is 0 Å². The van der Waals surface area contributed by atoms with E-state index in [1.807, 2.05) is 54.2 Å². The third-order valence-electron chi connectivity index (χ3n) is 4.72. The molecule has 1 amide bonds. The molecule has 134 valence electrons. The summed E-state index contributed by atoms with van der Waals surface area (Å²) in [4.78, 5) is 21.6. The minimum absolute atomic E-state index is 0.0125. The van der Waals surface area contributed by atoms with Gasteiger partial charge in [-0.1, -0.05) is 18.2 Å². The number of hydrogen-bond donors (Lipinski definition) is 0. The van der Waals surface area contributed by atoms with Gasteiger partial charge in [-0.15, -0.1) is 0 Å². The molecular formula is C19H25N3O3. The highest BCUT2D eigenvalue weighted by molar-refractivity contribution is 6.00. The molecule has 2 heterocycles. The number of methoxy groups -OCH3 is 2. The van der Waals surface area contributed by atoms with Crippen molar-refractivity contribution < 1.29 is 14.3 Å². The predicted molar refractivity (Wildman–Crippen MR) is 98.2 cm³/mol. The van der Waals surface area contributed by atoms with Crippen LogP contribution in [0.2, 0.25) is 0 Å². The lowest BCUT2D eigenvalue weighted by Crippen LogP contribution is -2.39. The Labute approximate surface area is 148 Å². The maximum absolute atomic E-state index is 13.1. The Morgan fingerprint density at radius 3 is 2.76 bits per heavy atom. The number of rotatable bonds is 5. The van der Waals surface area contributed by atoms with Crippen LogP contribution < -0.4 is 4.90 Å². The van der Waals surface area contributed by atoms with Crippen LogP contribution in [0.15, 0.2) is 30.3 Å². The average molecular weight is 343 g/mol. The van der Waals surface area contributed by atoms with Crippen LogP contribution in [0.25, 0.3) is 10.9 Å². The molecule has 0 radical (unpaired) electrons. The fourth-order valence-corrected chi connectivity index (χ4v) is 3.43. The van der Waals surface area contributed by atoms with Gasteiger partial charge in [-0.25, -0.2) is 4.98 Å². The van der Waals surface area contributed by atoms with Gasteiger partial charge in [-0.05, 0) is 18.6 Å². The van der Waals surface area contributed by atoms with Crippen molar-refractivity contribution in [2.75, 3.05) is 46.4 Å². The van der Waals surface area contributed by atoms with Gasteiger partial charge < -0.3 is 19.3 Å². The van der Waals surface area contributed by atoms with Gasteiger partial charge in [0.25, 0.3) is 5.91 Å². The monoisotopic (exact) mass is 343 g/mol. The van der Waals surface area contributed by atoms with Crippen molar-refractivity contribution in [3.8, 4) is 0 Å². The van der Waals surface area contributed by atoms with E-state index in [9.17, 15) is 4.79 Å². The molecule has 1 fully saturated rings. The van der Waals surface area contributed by atoms with Gasteiger partial charge >= 0.3 is 0 Å². The molecule has 0 spiro atoms. The van der Waals surface area contributed by atoms with Crippen molar-refractivity contribution in [1.82, 2.24) is 9.88 Å². The predicted octanol–water partition coefficient (Wildman–Crippen LogP) is 2.18. The molecule has 0 bridgehead atoms. The van der Waals surface area contributed by atoms with E-state index in [1.54, 1.807) is 14.2 Å². The van der Waals surface area contributed by atoms with Crippen LogP contribution in [0.1, 0.15) is 16.9 Å². The number of fused-ring (bicyclic) bond motifs is 1. The first-order valence-electron chi connectivity index (χ1n) is 8.45. The molecule has 2 atom stereocenters. The maximum Gasteiger partial charge on any atom is 0.272 e. The second kappa shape index (κ2) is 7.37. The highest BCUT2D eigenvalue weighted by atomic mass is 16.5.